The molecule has 0 amide bonds. The minimum atomic E-state index is -4.11. The molecule has 0 spiro atoms. The van der Waals surface area contributed by atoms with E-state index in [0.717, 1.165) is 12.8 Å². The highest BCUT2D eigenvalue weighted by atomic mass is 19.4. The van der Waals surface area contributed by atoms with Crippen LogP contribution in [0, 0.1) is 0 Å². The second-order valence-electron chi connectivity index (χ2n) is 4.13. The number of alkyl halides is 3. The number of hydrogen-bond donors (Lipinski definition) is 1. The van der Waals surface area contributed by atoms with Gasteiger partial charge < -0.3 is 5.11 Å². The molecule has 0 aromatic heterocycles. The Morgan fingerprint density at radius 1 is 1.31 bits per heavy atom. The van der Waals surface area contributed by atoms with E-state index in [2.05, 4.69) is 0 Å². The molecule has 0 saturated heterocycles. The summed E-state index contributed by atoms with van der Waals surface area (Å²) in [6, 6.07) is 0.313. The second kappa shape index (κ2) is 5.52. The van der Waals surface area contributed by atoms with Gasteiger partial charge in [-0.05, 0) is 25.8 Å². The molecule has 1 saturated carbocycles. The topological polar surface area (TPSA) is 40.5 Å². The van der Waals surface area contributed by atoms with Crippen molar-refractivity contribution in [2.24, 2.45) is 0 Å². The lowest BCUT2D eigenvalue weighted by molar-refractivity contribution is -0.139. The minimum absolute atomic E-state index is 0.00250. The third kappa shape index (κ3) is 5.95. The molecule has 3 nitrogen and oxygen atoms in total. The van der Waals surface area contributed by atoms with Gasteiger partial charge in [0.1, 0.15) is 0 Å². The first-order valence-electron chi connectivity index (χ1n) is 5.41. The Kier molecular flexibility index (Phi) is 4.58. The van der Waals surface area contributed by atoms with Gasteiger partial charge in [-0.2, -0.15) is 13.2 Å². The number of carboxylic acids is 1. The Morgan fingerprint density at radius 3 is 2.38 bits per heavy atom. The van der Waals surface area contributed by atoms with Gasteiger partial charge in [0.15, 0.2) is 0 Å². The summed E-state index contributed by atoms with van der Waals surface area (Å²) in [5.74, 6) is -0.901. The van der Waals surface area contributed by atoms with Crippen LogP contribution in [0.5, 0.6) is 0 Å². The van der Waals surface area contributed by atoms with Crippen molar-refractivity contribution in [2.75, 3.05) is 13.1 Å². The maximum atomic E-state index is 11.9. The molecule has 1 aliphatic carbocycles. The number of aliphatic carboxylic acids is 1. The first-order chi connectivity index (χ1) is 7.38. The Labute approximate surface area is 92.2 Å². The first kappa shape index (κ1) is 13.3. The summed E-state index contributed by atoms with van der Waals surface area (Å²) in [5, 5.41) is 8.51. The lowest BCUT2D eigenvalue weighted by Crippen LogP contribution is -2.30. The summed E-state index contributed by atoms with van der Waals surface area (Å²) >= 11 is 0. The van der Waals surface area contributed by atoms with Crippen molar-refractivity contribution in [3.05, 3.63) is 0 Å². The van der Waals surface area contributed by atoms with Gasteiger partial charge in [-0.25, -0.2) is 0 Å². The summed E-state index contributed by atoms with van der Waals surface area (Å²) in [6.07, 6.45) is -2.88. The summed E-state index contributed by atoms with van der Waals surface area (Å²) in [7, 11) is 0. The average Bonchev–Trinajstić information content (AvgIpc) is 2.91. The smallest absolute Gasteiger partial charge is 0.389 e. The number of rotatable bonds is 7. The van der Waals surface area contributed by atoms with Crippen LogP contribution in [0.2, 0.25) is 0 Å². The molecule has 6 heteroatoms. The molecule has 0 aliphatic heterocycles. The number of carboxylic acid groups (broad SMARTS) is 1. The maximum absolute atomic E-state index is 11.9. The molecule has 1 aliphatic rings. The fourth-order valence-electron chi connectivity index (χ4n) is 1.64. The minimum Gasteiger partial charge on any atom is -0.481 e. The molecule has 0 heterocycles. The molecular weight excluding hydrogens is 223 g/mol. The van der Waals surface area contributed by atoms with E-state index in [4.69, 9.17) is 5.11 Å². The van der Waals surface area contributed by atoms with Crippen molar-refractivity contribution in [3.8, 4) is 0 Å². The fourth-order valence-corrected chi connectivity index (χ4v) is 1.64. The number of carbonyl (C=O) groups is 1. The standard InChI is InChI=1S/C10H16F3NO2/c11-10(12,13)5-1-6-14(8-2-3-8)7-4-9(15)16/h8H,1-7H2,(H,15,16). The zero-order chi connectivity index (χ0) is 12.2. The highest BCUT2D eigenvalue weighted by Crippen LogP contribution is 2.28. The van der Waals surface area contributed by atoms with Crippen LogP contribution in [0.25, 0.3) is 0 Å². The second-order valence-corrected chi connectivity index (χ2v) is 4.13. The normalized spacial score (nSPS) is 16.8. The van der Waals surface area contributed by atoms with E-state index in [0.29, 0.717) is 19.1 Å². The molecule has 1 N–H and O–H groups in total. The predicted octanol–water partition coefficient (Wildman–Crippen LogP) is 2.27. The molecule has 16 heavy (non-hydrogen) atoms. The molecule has 0 aromatic rings. The largest absolute Gasteiger partial charge is 0.481 e. The molecule has 0 bridgehead atoms. The van der Waals surface area contributed by atoms with E-state index in [9.17, 15) is 18.0 Å². The van der Waals surface area contributed by atoms with Crippen molar-refractivity contribution in [1.82, 2.24) is 4.90 Å². The van der Waals surface area contributed by atoms with E-state index >= 15 is 0 Å². The first-order valence-corrected chi connectivity index (χ1v) is 5.41. The van der Waals surface area contributed by atoms with Crippen molar-refractivity contribution in [3.63, 3.8) is 0 Å². The molecule has 0 aromatic carbocycles. The monoisotopic (exact) mass is 239 g/mol. The zero-order valence-corrected chi connectivity index (χ0v) is 8.96. The molecular formula is C10H16F3NO2. The fraction of sp³-hybridized carbons (Fsp3) is 0.900. The average molecular weight is 239 g/mol. The highest BCUT2D eigenvalue weighted by Gasteiger charge is 2.31. The van der Waals surface area contributed by atoms with Crippen molar-refractivity contribution in [1.29, 1.82) is 0 Å². The molecule has 0 radical (unpaired) electrons. The van der Waals surface area contributed by atoms with Gasteiger partial charge in [0.2, 0.25) is 0 Å². The summed E-state index contributed by atoms with van der Waals surface area (Å²) < 4.78 is 35.8. The lowest BCUT2D eigenvalue weighted by atomic mass is 10.2. The van der Waals surface area contributed by atoms with Crippen molar-refractivity contribution < 1.29 is 23.1 Å². The van der Waals surface area contributed by atoms with Crippen LogP contribution in [0.15, 0.2) is 0 Å². The number of nitrogens with zero attached hydrogens (tertiary/aromatic N) is 1. The Hall–Kier alpha value is -0.780. The SMILES string of the molecule is O=C(O)CCN(CCCC(F)(F)F)C1CC1. The van der Waals surface area contributed by atoms with Crippen LogP contribution >= 0.6 is 0 Å². The van der Waals surface area contributed by atoms with E-state index in [1.165, 1.54) is 0 Å². The third-order valence-corrected chi connectivity index (χ3v) is 2.58. The number of halogens is 3. The molecule has 1 fully saturated rings. The summed E-state index contributed by atoms with van der Waals surface area (Å²) in [6.45, 7) is 0.704. The van der Waals surface area contributed by atoms with Gasteiger partial charge in [0.05, 0.1) is 6.42 Å². The van der Waals surface area contributed by atoms with Crippen molar-refractivity contribution >= 4 is 5.97 Å². The van der Waals surface area contributed by atoms with Gasteiger partial charge in [-0.1, -0.05) is 0 Å². The molecule has 0 atom stereocenters. The van der Waals surface area contributed by atoms with Crippen LogP contribution in [0.3, 0.4) is 0 Å². The summed E-state index contributed by atoms with van der Waals surface area (Å²) in [5.41, 5.74) is 0. The van der Waals surface area contributed by atoms with Crippen LogP contribution in [-0.4, -0.2) is 41.3 Å². The molecule has 94 valence electrons. The van der Waals surface area contributed by atoms with Gasteiger partial charge in [0, 0.05) is 19.0 Å². The number of hydrogen-bond acceptors (Lipinski definition) is 2. The lowest BCUT2D eigenvalue weighted by Gasteiger charge is -2.21. The van der Waals surface area contributed by atoms with Crippen molar-refractivity contribution in [2.45, 2.75) is 44.3 Å². The quantitative estimate of drug-likeness (QED) is 0.740. The Balaban J connectivity index is 2.20. The van der Waals surface area contributed by atoms with E-state index < -0.39 is 18.6 Å². The van der Waals surface area contributed by atoms with Gasteiger partial charge in [-0.3, -0.25) is 9.69 Å². The van der Waals surface area contributed by atoms with Gasteiger partial charge in [0.25, 0.3) is 0 Å². The van der Waals surface area contributed by atoms with Gasteiger partial charge in [-0.15, -0.1) is 0 Å². The van der Waals surface area contributed by atoms with Gasteiger partial charge >= 0.3 is 12.1 Å². The maximum Gasteiger partial charge on any atom is 0.389 e. The summed E-state index contributed by atoms with van der Waals surface area (Å²) in [4.78, 5) is 12.2. The van der Waals surface area contributed by atoms with Crippen LogP contribution < -0.4 is 0 Å². The zero-order valence-electron chi connectivity index (χ0n) is 8.96. The van der Waals surface area contributed by atoms with E-state index in [-0.39, 0.29) is 12.8 Å². The highest BCUT2D eigenvalue weighted by molar-refractivity contribution is 5.66. The molecule has 0 unspecified atom stereocenters. The van der Waals surface area contributed by atoms with Crippen LogP contribution in [0.4, 0.5) is 13.2 Å². The Bertz CT molecular complexity index is 239. The van der Waals surface area contributed by atoms with Crippen LogP contribution in [-0.2, 0) is 4.79 Å². The molecule has 1 rings (SSSR count). The third-order valence-electron chi connectivity index (χ3n) is 2.58. The Morgan fingerprint density at radius 2 is 1.94 bits per heavy atom. The van der Waals surface area contributed by atoms with E-state index in [1.54, 1.807) is 0 Å². The van der Waals surface area contributed by atoms with E-state index in [1.807, 2.05) is 4.90 Å². The van der Waals surface area contributed by atoms with Crippen LogP contribution in [0.1, 0.15) is 32.1 Å². The predicted molar refractivity (Wildman–Crippen MR) is 52.1 cm³/mol.